The third-order valence-corrected chi connectivity index (χ3v) is 6.91. The number of amides is 2. The number of nitrogens with zero attached hydrogens (tertiary/aromatic N) is 1. The van der Waals surface area contributed by atoms with Crippen molar-refractivity contribution >= 4 is 27.4 Å². The summed E-state index contributed by atoms with van der Waals surface area (Å²) in [6.45, 7) is 0.559. The van der Waals surface area contributed by atoms with E-state index in [1.165, 1.54) is 0 Å². The molecule has 1 saturated carbocycles. The van der Waals surface area contributed by atoms with Gasteiger partial charge in [-0.25, -0.2) is 13.2 Å². The molecule has 2 aliphatic rings. The molecule has 0 unspecified atom stereocenters. The van der Waals surface area contributed by atoms with Crippen LogP contribution in [-0.4, -0.2) is 34.1 Å². The summed E-state index contributed by atoms with van der Waals surface area (Å²) in [4.78, 5) is 14.5. The molecule has 2 amide bonds. The number of methoxy groups -OCH3 is 1. The van der Waals surface area contributed by atoms with Crippen LogP contribution in [-0.2, 0) is 16.4 Å². The smallest absolute Gasteiger partial charge is 0.322 e. The van der Waals surface area contributed by atoms with Gasteiger partial charge in [0.05, 0.1) is 12.0 Å². The lowest BCUT2D eigenvalue weighted by atomic mass is 10.2. The number of fused-ring (bicyclic) bond motifs is 1. The molecule has 2 N–H and O–H groups in total. The van der Waals surface area contributed by atoms with Crippen LogP contribution >= 0.6 is 0 Å². The van der Waals surface area contributed by atoms with Gasteiger partial charge in [-0.2, -0.15) is 0 Å². The van der Waals surface area contributed by atoms with E-state index in [1.807, 2.05) is 0 Å². The quantitative estimate of drug-likeness (QED) is 0.782. The predicted octanol–water partition coefficient (Wildman–Crippen LogP) is 3.51. The molecule has 4 rings (SSSR count). The number of benzene rings is 2. The summed E-state index contributed by atoms with van der Waals surface area (Å²) >= 11 is 0. The first-order valence-corrected chi connectivity index (χ1v) is 11.3. The first kappa shape index (κ1) is 19.6. The standard InChI is InChI=1S/C21H25N3O4S/c1-28-18-8-6-17(7-9-18)23-29(26,27)19-10-11-20-15(14-19)12-13-24(20)21(25)22-16-4-2-3-5-16/h6-11,14,16,23H,2-5,12-13H2,1H3,(H,22,25). The van der Waals surface area contributed by atoms with Crippen molar-refractivity contribution in [1.29, 1.82) is 0 Å². The molecule has 0 aromatic heterocycles. The Labute approximate surface area is 171 Å². The van der Waals surface area contributed by atoms with Crippen LogP contribution in [0.1, 0.15) is 31.2 Å². The molecule has 0 bridgehead atoms. The van der Waals surface area contributed by atoms with Gasteiger partial charge >= 0.3 is 6.03 Å². The highest BCUT2D eigenvalue weighted by atomic mass is 32.2. The van der Waals surface area contributed by atoms with E-state index in [1.54, 1.807) is 54.5 Å². The zero-order valence-corrected chi connectivity index (χ0v) is 17.2. The zero-order chi connectivity index (χ0) is 20.4. The molecule has 0 radical (unpaired) electrons. The van der Waals surface area contributed by atoms with E-state index in [0.717, 1.165) is 36.9 Å². The number of nitrogens with one attached hydrogen (secondary N) is 2. The van der Waals surface area contributed by atoms with Gasteiger partial charge in [0, 0.05) is 24.0 Å². The number of urea groups is 1. The summed E-state index contributed by atoms with van der Waals surface area (Å²) in [5, 5.41) is 3.09. The van der Waals surface area contributed by atoms with Gasteiger partial charge in [0.25, 0.3) is 10.0 Å². The Bertz CT molecular complexity index is 999. The lowest BCUT2D eigenvalue weighted by molar-refractivity contribution is 0.243. The van der Waals surface area contributed by atoms with Crippen molar-refractivity contribution in [2.24, 2.45) is 0 Å². The molecular formula is C21H25N3O4S. The molecule has 1 heterocycles. The maximum Gasteiger partial charge on any atom is 0.322 e. The van der Waals surface area contributed by atoms with E-state index < -0.39 is 10.0 Å². The van der Waals surface area contributed by atoms with Crippen molar-refractivity contribution in [3.63, 3.8) is 0 Å². The summed E-state index contributed by atoms with van der Waals surface area (Å²) in [5.41, 5.74) is 2.11. The fourth-order valence-electron chi connectivity index (χ4n) is 3.95. The number of hydrogen-bond donors (Lipinski definition) is 2. The number of hydrogen-bond acceptors (Lipinski definition) is 4. The number of anilines is 2. The average Bonchev–Trinajstić information content (AvgIpc) is 3.37. The van der Waals surface area contributed by atoms with Crippen molar-refractivity contribution in [2.75, 3.05) is 23.3 Å². The predicted molar refractivity (Wildman–Crippen MR) is 112 cm³/mol. The van der Waals surface area contributed by atoms with Crippen LogP contribution in [0, 0.1) is 0 Å². The molecular weight excluding hydrogens is 390 g/mol. The average molecular weight is 416 g/mol. The molecule has 1 fully saturated rings. The van der Waals surface area contributed by atoms with Crippen LogP contribution in [0.25, 0.3) is 0 Å². The lowest BCUT2D eigenvalue weighted by Crippen LogP contribution is -2.43. The normalized spacial score (nSPS) is 16.5. The van der Waals surface area contributed by atoms with Gasteiger partial charge in [-0.15, -0.1) is 0 Å². The van der Waals surface area contributed by atoms with Crippen LogP contribution in [0.4, 0.5) is 16.2 Å². The van der Waals surface area contributed by atoms with Gasteiger partial charge in [-0.3, -0.25) is 9.62 Å². The fourth-order valence-corrected chi connectivity index (χ4v) is 5.06. The highest BCUT2D eigenvalue weighted by molar-refractivity contribution is 7.92. The fraction of sp³-hybridized carbons (Fsp3) is 0.381. The van der Waals surface area contributed by atoms with Crippen LogP contribution < -0.4 is 19.7 Å². The van der Waals surface area contributed by atoms with E-state index in [2.05, 4.69) is 10.0 Å². The number of ether oxygens (including phenoxy) is 1. The number of sulfonamides is 1. The third kappa shape index (κ3) is 4.17. The molecule has 2 aromatic carbocycles. The molecule has 2 aromatic rings. The number of carbonyl (C=O) groups excluding carboxylic acids is 1. The molecule has 0 atom stereocenters. The highest BCUT2D eigenvalue weighted by Crippen LogP contribution is 2.31. The van der Waals surface area contributed by atoms with Crippen LogP contribution in [0.2, 0.25) is 0 Å². The van der Waals surface area contributed by atoms with Crippen molar-refractivity contribution < 1.29 is 17.9 Å². The second-order valence-corrected chi connectivity index (χ2v) is 9.14. The third-order valence-electron chi connectivity index (χ3n) is 5.53. The van der Waals surface area contributed by atoms with E-state index >= 15 is 0 Å². The van der Waals surface area contributed by atoms with Gasteiger partial charge in [0.2, 0.25) is 0 Å². The number of rotatable bonds is 5. The molecule has 0 spiro atoms. The second-order valence-electron chi connectivity index (χ2n) is 7.46. The summed E-state index contributed by atoms with van der Waals surface area (Å²) in [5.74, 6) is 0.654. The van der Waals surface area contributed by atoms with Gasteiger partial charge in [-0.1, -0.05) is 12.8 Å². The molecule has 8 heteroatoms. The minimum Gasteiger partial charge on any atom is -0.497 e. The Morgan fingerprint density at radius 3 is 2.52 bits per heavy atom. The molecule has 0 saturated heterocycles. The summed E-state index contributed by atoms with van der Waals surface area (Å²) in [7, 11) is -2.16. The SMILES string of the molecule is COc1ccc(NS(=O)(=O)c2ccc3c(c2)CCN3C(=O)NC2CCCC2)cc1. The van der Waals surface area contributed by atoms with Crippen LogP contribution in [0.5, 0.6) is 5.75 Å². The maximum atomic E-state index is 12.8. The lowest BCUT2D eigenvalue weighted by Gasteiger charge is -2.21. The Hall–Kier alpha value is -2.74. The highest BCUT2D eigenvalue weighted by Gasteiger charge is 2.28. The van der Waals surface area contributed by atoms with Crippen LogP contribution in [0.15, 0.2) is 47.4 Å². The van der Waals surface area contributed by atoms with Gasteiger partial charge in [-0.05, 0) is 67.3 Å². The zero-order valence-electron chi connectivity index (χ0n) is 16.3. The number of carbonyl (C=O) groups is 1. The summed E-state index contributed by atoms with van der Waals surface area (Å²) < 4.78 is 33.2. The van der Waals surface area contributed by atoms with E-state index in [0.29, 0.717) is 24.4 Å². The minimum absolute atomic E-state index is 0.0948. The van der Waals surface area contributed by atoms with Crippen LogP contribution in [0.3, 0.4) is 0 Å². The largest absolute Gasteiger partial charge is 0.497 e. The van der Waals surface area contributed by atoms with Crippen molar-refractivity contribution in [3.8, 4) is 5.75 Å². The molecule has 1 aliphatic heterocycles. The Balaban J connectivity index is 1.49. The molecule has 154 valence electrons. The first-order valence-electron chi connectivity index (χ1n) is 9.84. The monoisotopic (exact) mass is 415 g/mol. The Morgan fingerprint density at radius 2 is 1.83 bits per heavy atom. The van der Waals surface area contributed by atoms with E-state index in [-0.39, 0.29) is 17.0 Å². The van der Waals surface area contributed by atoms with Crippen molar-refractivity contribution in [3.05, 3.63) is 48.0 Å². The van der Waals surface area contributed by atoms with Gasteiger partial charge < -0.3 is 10.1 Å². The van der Waals surface area contributed by atoms with E-state index in [4.69, 9.17) is 4.74 Å². The molecule has 29 heavy (non-hydrogen) atoms. The second kappa shape index (κ2) is 7.94. The first-order chi connectivity index (χ1) is 14.0. The van der Waals surface area contributed by atoms with Gasteiger partial charge in [0.15, 0.2) is 0 Å². The maximum absolute atomic E-state index is 12.8. The molecule has 7 nitrogen and oxygen atoms in total. The minimum atomic E-state index is -3.72. The van der Waals surface area contributed by atoms with Gasteiger partial charge in [0.1, 0.15) is 5.75 Å². The Kier molecular flexibility index (Phi) is 5.36. The summed E-state index contributed by atoms with van der Waals surface area (Å²) in [6, 6.07) is 11.8. The molecule has 1 aliphatic carbocycles. The Morgan fingerprint density at radius 1 is 1.10 bits per heavy atom. The van der Waals surface area contributed by atoms with Crippen molar-refractivity contribution in [2.45, 2.75) is 43.0 Å². The summed E-state index contributed by atoms with van der Waals surface area (Å²) in [6.07, 6.45) is 5.01. The topological polar surface area (TPSA) is 87.7 Å². The van der Waals surface area contributed by atoms with E-state index in [9.17, 15) is 13.2 Å². The van der Waals surface area contributed by atoms with Crippen molar-refractivity contribution in [1.82, 2.24) is 5.32 Å².